The van der Waals surface area contributed by atoms with Gasteiger partial charge in [0.15, 0.2) is 0 Å². The van der Waals surface area contributed by atoms with Crippen molar-refractivity contribution in [3.8, 4) is 5.75 Å². The normalized spacial score (nSPS) is 14.5. The number of hydrogen-bond donors (Lipinski definition) is 1. The number of amides is 1. The van der Waals surface area contributed by atoms with Crippen LogP contribution in [0.2, 0.25) is 0 Å². The smallest absolute Gasteiger partial charge is 0.261 e. The summed E-state index contributed by atoms with van der Waals surface area (Å²) in [6, 6.07) is 8.06. The minimum atomic E-state index is -3.90. The third kappa shape index (κ3) is 3.43. The van der Waals surface area contributed by atoms with Crippen molar-refractivity contribution in [1.29, 1.82) is 0 Å². The number of nitrogens with one attached hydrogen (secondary N) is 1. The van der Waals surface area contributed by atoms with Gasteiger partial charge in [0.1, 0.15) is 18.2 Å². The first-order valence-corrected chi connectivity index (χ1v) is 9.07. The van der Waals surface area contributed by atoms with Gasteiger partial charge >= 0.3 is 0 Å². The van der Waals surface area contributed by atoms with Crippen molar-refractivity contribution in [3.05, 3.63) is 53.3 Å². The Balaban J connectivity index is 1.94. The van der Waals surface area contributed by atoms with Crippen LogP contribution in [0.4, 0.5) is 10.1 Å². The van der Waals surface area contributed by atoms with E-state index in [0.717, 1.165) is 6.07 Å². The summed E-state index contributed by atoms with van der Waals surface area (Å²) < 4.78 is 46.2. The molecule has 132 valence electrons. The molecule has 1 aliphatic rings. The number of likely N-dealkylation sites (N-methyl/N-ethyl adjacent to an activating group) is 1. The average Bonchev–Trinajstić information content (AvgIpc) is 2.69. The number of hydrogen-bond acceptors (Lipinski definition) is 4. The second-order valence-corrected chi connectivity index (χ2v) is 7.48. The Labute approximate surface area is 145 Å². The molecule has 0 aromatic heterocycles. The van der Waals surface area contributed by atoms with Crippen molar-refractivity contribution in [2.45, 2.75) is 11.8 Å². The second kappa shape index (κ2) is 6.36. The van der Waals surface area contributed by atoms with Crippen molar-refractivity contribution < 1.29 is 22.3 Å². The molecule has 8 heteroatoms. The molecule has 0 spiro atoms. The second-order valence-electron chi connectivity index (χ2n) is 5.80. The monoisotopic (exact) mass is 364 g/mol. The van der Waals surface area contributed by atoms with Crippen LogP contribution in [-0.2, 0) is 10.0 Å². The maximum absolute atomic E-state index is 13.3. The molecule has 0 fully saturated rings. The molecule has 25 heavy (non-hydrogen) atoms. The van der Waals surface area contributed by atoms with E-state index in [1.54, 1.807) is 13.1 Å². The maximum atomic E-state index is 13.3. The van der Waals surface area contributed by atoms with E-state index in [2.05, 4.69) is 4.72 Å². The molecule has 1 N–H and O–H groups in total. The van der Waals surface area contributed by atoms with Crippen LogP contribution in [0.25, 0.3) is 0 Å². The van der Waals surface area contributed by atoms with Gasteiger partial charge in [0, 0.05) is 12.7 Å². The lowest BCUT2D eigenvalue weighted by Gasteiger charge is -2.14. The van der Waals surface area contributed by atoms with Gasteiger partial charge in [-0.3, -0.25) is 9.52 Å². The van der Waals surface area contributed by atoms with Crippen molar-refractivity contribution in [2.75, 3.05) is 24.9 Å². The molecular weight excluding hydrogens is 347 g/mol. The number of sulfonamides is 1. The predicted octanol–water partition coefficient (Wildman–Crippen LogP) is 2.40. The van der Waals surface area contributed by atoms with Gasteiger partial charge in [0.25, 0.3) is 15.9 Å². The van der Waals surface area contributed by atoms with Gasteiger partial charge in [-0.05, 0) is 48.9 Å². The zero-order chi connectivity index (χ0) is 18.2. The van der Waals surface area contributed by atoms with E-state index in [0.29, 0.717) is 18.9 Å². The minimum Gasteiger partial charge on any atom is -0.491 e. The van der Waals surface area contributed by atoms with Gasteiger partial charge in [-0.2, -0.15) is 0 Å². The third-order valence-corrected chi connectivity index (χ3v) is 5.31. The van der Waals surface area contributed by atoms with Gasteiger partial charge in [-0.25, -0.2) is 12.8 Å². The number of anilines is 1. The molecule has 2 aromatic rings. The minimum absolute atomic E-state index is 0.0546. The van der Waals surface area contributed by atoms with Crippen LogP contribution in [0.5, 0.6) is 5.75 Å². The highest BCUT2D eigenvalue weighted by Crippen LogP contribution is 2.27. The number of ether oxygens (including phenoxy) is 1. The molecule has 0 saturated heterocycles. The van der Waals surface area contributed by atoms with E-state index in [4.69, 9.17) is 4.74 Å². The molecule has 0 unspecified atom stereocenters. The predicted molar refractivity (Wildman–Crippen MR) is 90.8 cm³/mol. The quantitative estimate of drug-likeness (QED) is 0.907. The number of carbonyl (C=O) groups excluding carboxylic acids is 1. The Bertz CT molecular complexity index is 944. The highest BCUT2D eigenvalue weighted by Gasteiger charge is 2.22. The fourth-order valence-electron chi connectivity index (χ4n) is 2.48. The first-order chi connectivity index (χ1) is 11.8. The van der Waals surface area contributed by atoms with Crippen molar-refractivity contribution in [1.82, 2.24) is 4.90 Å². The van der Waals surface area contributed by atoms with Crippen molar-refractivity contribution in [2.24, 2.45) is 0 Å². The largest absolute Gasteiger partial charge is 0.491 e. The molecule has 1 amide bonds. The van der Waals surface area contributed by atoms with Gasteiger partial charge in [-0.1, -0.05) is 0 Å². The fraction of sp³-hybridized carbons (Fsp3) is 0.235. The summed E-state index contributed by atoms with van der Waals surface area (Å²) in [5.41, 5.74) is 0.749. The van der Waals surface area contributed by atoms with Crippen LogP contribution in [0.3, 0.4) is 0 Å². The summed E-state index contributed by atoms with van der Waals surface area (Å²) in [4.78, 5) is 13.8. The van der Waals surface area contributed by atoms with Gasteiger partial charge in [0.05, 0.1) is 17.0 Å². The van der Waals surface area contributed by atoms with Gasteiger partial charge in [0.2, 0.25) is 0 Å². The summed E-state index contributed by atoms with van der Waals surface area (Å²) in [7, 11) is -2.25. The fourth-order valence-corrected chi connectivity index (χ4v) is 3.62. The Morgan fingerprint density at radius 1 is 1.20 bits per heavy atom. The Morgan fingerprint density at radius 2 is 1.96 bits per heavy atom. The molecule has 0 radical (unpaired) electrons. The summed E-state index contributed by atoms with van der Waals surface area (Å²) in [5.74, 6) is -0.309. The number of halogens is 1. The molecule has 0 atom stereocenters. The molecule has 3 rings (SSSR count). The van der Waals surface area contributed by atoms with Crippen LogP contribution < -0.4 is 9.46 Å². The first-order valence-electron chi connectivity index (χ1n) is 7.59. The standard InChI is InChI=1S/C17H17FN2O4S/c1-11-9-13(4-5-15(11)18)25(22,23)19-12-3-6-16-14(10-12)17(21)20(2)7-8-24-16/h3-6,9-10,19H,7-8H2,1-2H3. The summed E-state index contributed by atoms with van der Waals surface area (Å²) >= 11 is 0. The highest BCUT2D eigenvalue weighted by atomic mass is 32.2. The Hall–Kier alpha value is -2.61. The highest BCUT2D eigenvalue weighted by molar-refractivity contribution is 7.92. The van der Waals surface area contributed by atoms with Crippen LogP contribution in [0.15, 0.2) is 41.3 Å². The number of aryl methyl sites for hydroxylation is 1. The lowest BCUT2D eigenvalue weighted by Crippen LogP contribution is -2.27. The number of rotatable bonds is 3. The van der Waals surface area contributed by atoms with Gasteiger partial charge < -0.3 is 9.64 Å². The average molecular weight is 364 g/mol. The maximum Gasteiger partial charge on any atom is 0.261 e. The summed E-state index contributed by atoms with van der Waals surface area (Å²) in [5, 5.41) is 0. The molecule has 1 heterocycles. The number of nitrogens with zero attached hydrogens (tertiary/aromatic N) is 1. The SMILES string of the molecule is Cc1cc(S(=O)(=O)Nc2ccc3c(c2)C(=O)N(C)CCO3)ccc1F. The van der Waals surface area contributed by atoms with E-state index in [9.17, 15) is 17.6 Å². The number of carbonyl (C=O) groups is 1. The van der Waals surface area contributed by atoms with E-state index in [1.807, 2.05) is 0 Å². The molecule has 1 aliphatic heterocycles. The zero-order valence-corrected chi connectivity index (χ0v) is 14.6. The molecule has 0 aliphatic carbocycles. The lowest BCUT2D eigenvalue weighted by molar-refractivity contribution is 0.0796. The van der Waals surface area contributed by atoms with E-state index in [1.165, 1.54) is 36.1 Å². The van der Waals surface area contributed by atoms with E-state index in [-0.39, 0.29) is 27.6 Å². The number of benzene rings is 2. The molecule has 0 bridgehead atoms. The van der Waals surface area contributed by atoms with E-state index < -0.39 is 15.8 Å². The van der Waals surface area contributed by atoms with Crippen molar-refractivity contribution in [3.63, 3.8) is 0 Å². The lowest BCUT2D eigenvalue weighted by atomic mass is 10.1. The van der Waals surface area contributed by atoms with Crippen molar-refractivity contribution >= 4 is 21.6 Å². The van der Waals surface area contributed by atoms with E-state index >= 15 is 0 Å². The van der Waals surface area contributed by atoms with Crippen LogP contribution in [0, 0.1) is 12.7 Å². The Kier molecular flexibility index (Phi) is 4.38. The third-order valence-electron chi connectivity index (χ3n) is 3.93. The summed E-state index contributed by atoms with van der Waals surface area (Å²) in [6.45, 7) is 2.31. The molecular formula is C17H17FN2O4S. The molecule has 0 saturated carbocycles. The molecule has 6 nitrogen and oxygen atoms in total. The Morgan fingerprint density at radius 3 is 2.68 bits per heavy atom. The topological polar surface area (TPSA) is 75.7 Å². The van der Waals surface area contributed by atoms with Crippen LogP contribution in [-0.4, -0.2) is 39.4 Å². The van der Waals surface area contributed by atoms with Crippen LogP contribution in [0.1, 0.15) is 15.9 Å². The summed E-state index contributed by atoms with van der Waals surface area (Å²) in [6.07, 6.45) is 0. The number of fused-ring (bicyclic) bond motifs is 1. The first kappa shape index (κ1) is 17.2. The van der Waals surface area contributed by atoms with Gasteiger partial charge in [-0.15, -0.1) is 0 Å². The zero-order valence-electron chi connectivity index (χ0n) is 13.7. The van der Waals surface area contributed by atoms with Crippen LogP contribution >= 0.6 is 0 Å². The molecule has 2 aromatic carbocycles.